The number of hydrogen-bond acceptors (Lipinski definition) is 5. The van der Waals surface area contributed by atoms with Gasteiger partial charge < -0.3 is 14.0 Å². The van der Waals surface area contributed by atoms with E-state index in [1.54, 1.807) is 26.4 Å². The molecule has 1 aromatic carbocycles. The van der Waals surface area contributed by atoms with Gasteiger partial charge in [-0.2, -0.15) is 4.98 Å². The normalized spacial score (nSPS) is 10.0. The van der Waals surface area contributed by atoms with Crippen molar-refractivity contribution < 1.29 is 14.0 Å². The first kappa shape index (κ1) is 11.2. The topological polar surface area (TPSA) is 57.4 Å². The second kappa shape index (κ2) is 4.69. The number of rotatable bonds is 4. The van der Waals surface area contributed by atoms with Crippen LogP contribution in [0.1, 0.15) is 5.89 Å². The zero-order valence-electron chi connectivity index (χ0n) is 9.64. The van der Waals surface area contributed by atoms with Crippen LogP contribution in [-0.2, 0) is 0 Å². The molecule has 0 saturated carbocycles. The van der Waals surface area contributed by atoms with Crippen molar-refractivity contribution in [3.05, 3.63) is 30.7 Å². The van der Waals surface area contributed by atoms with Gasteiger partial charge in [0.05, 0.1) is 14.2 Å². The molecule has 2 aromatic rings. The summed E-state index contributed by atoms with van der Waals surface area (Å²) in [6.07, 6.45) is 1.50. The van der Waals surface area contributed by atoms with E-state index in [0.29, 0.717) is 23.2 Å². The molecule has 5 heteroatoms. The quantitative estimate of drug-likeness (QED) is 0.810. The third-order valence-electron chi connectivity index (χ3n) is 2.26. The van der Waals surface area contributed by atoms with Gasteiger partial charge in [0, 0.05) is 5.56 Å². The van der Waals surface area contributed by atoms with Crippen LogP contribution in [0.4, 0.5) is 0 Å². The summed E-state index contributed by atoms with van der Waals surface area (Å²) < 4.78 is 15.3. The van der Waals surface area contributed by atoms with Crippen molar-refractivity contribution in [1.82, 2.24) is 10.1 Å². The maximum atomic E-state index is 5.20. The molecule has 1 aromatic heterocycles. The zero-order valence-corrected chi connectivity index (χ0v) is 9.64. The highest BCUT2D eigenvalue weighted by Gasteiger charge is 2.10. The maximum absolute atomic E-state index is 5.20. The van der Waals surface area contributed by atoms with E-state index >= 15 is 0 Å². The lowest BCUT2D eigenvalue weighted by molar-refractivity contribution is 0.355. The number of methoxy groups -OCH3 is 2. The molecule has 0 unspecified atom stereocenters. The Bertz CT molecular complexity index is 534. The summed E-state index contributed by atoms with van der Waals surface area (Å²) in [4.78, 5) is 4.14. The van der Waals surface area contributed by atoms with Gasteiger partial charge in [0.1, 0.15) is 0 Å². The molecule has 5 nitrogen and oxygen atoms in total. The van der Waals surface area contributed by atoms with Crippen LogP contribution in [0.5, 0.6) is 11.5 Å². The van der Waals surface area contributed by atoms with Gasteiger partial charge in [-0.1, -0.05) is 11.7 Å². The number of benzene rings is 1. The van der Waals surface area contributed by atoms with E-state index in [4.69, 9.17) is 14.0 Å². The van der Waals surface area contributed by atoms with Gasteiger partial charge >= 0.3 is 0 Å². The van der Waals surface area contributed by atoms with E-state index in [1.807, 2.05) is 6.07 Å². The fourth-order valence-electron chi connectivity index (χ4n) is 1.41. The van der Waals surface area contributed by atoms with Gasteiger partial charge in [-0.05, 0) is 24.3 Å². The monoisotopic (exact) mass is 232 g/mol. The molecule has 0 aliphatic rings. The Balaban J connectivity index is 2.42. The number of hydrogen-bond donors (Lipinski definition) is 0. The van der Waals surface area contributed by atoms with Gasteiger partial charge in [0.25, 0.3) is 0 Å². The molecule has 0 radical (unpaired) electrons. The first-order valence-electron chi connectivity index (χ1n) is 4.97. The van der Waals surface area contributed by atoms with Crippen molar-refractivity contribution in [3.8, 4) is 22.9 Å². The molecule has 1 heterocycles. The number of ether oxygens (including phenoxy) is 2. The number of nitrogens with zero attached hydrogens (tertiary/aromatic N) is 2. The molecule has 0 spiro atoms. The van der Waals surface area contributed by atoms with Crippen LogP contribution in [0.2, 0.25) is 0 Å². The Morgan fingerprint density at radius 2 is 2.00 bits per heavy atom. The van der Waals surface area contributed by atoms with Crippen molar-refractivity contribution in [1.29, 1.82) is 0 Å². The van der Waals surface area contributed by atoms with Crippen molar-refractivity contribution in [2.75, 3.05) is 14.2 Å². The molecule has 2 rings (SSSR count). The van der Waals surface area contributed by atoms with Crippen molar-refractivity contribution >= 4 is 6.08 Å². The van der Waals surface area contributed by atoms with Gasteiger partial charge in [-0.3, -0.25) is 0 Å². The average molecular weight is 232 g/mol. The maximum Gasteiger partial charge on any atom is 0.250 e. The van der Waals surface area contributed by atoms with Gasteiger partial charge in [-0.15, -0.1) is 0 Å². The van der Waals surface area contributed by atoms with E-state index in [1.165, 1.54) is 6.08 Å². The molecule has 0 atom stereocenters. The standard InChI is InChI=1S/C12H12N2O3/c1-4-11-13-12(14-17-11)8-5-6-9(15-2)10(7-8)16-3/h4-7H,1H2,2-3H3. The van der Waals surface area contributed by atoms with Crippen LogP contribution in [0.15, 0.2) is 29.3 Å². The van der Waals surface area contributed by atoms with E-state index in [2.05, 4.69) is 16.7 Å². The Kier molecular flexibility index (Phi) is 3.09. The lowest BCUT2D eigenvalue weighted by Crippen LogP contribution is -1.91. The summed E-state index contributed by atoms with van der Waals surface area (Å²) >= 11 is 0. The molecule has 0 aliphatic carbocycles. The van der Waals surface area contributed by atoms with E-state index in [-0.39, 0.29) is 0 Å². The summed E-state index contributed by atoms with van der Waals surface area (Å²) in [5.74, 6) is 2.15. The predicted molar refractivity (Wildman–Crippen MR) is 62.9 cm³/mol. The highest BCUT2D eigenvalue weighted by molar-refractivity contribution is 5.61. The predicted octanol–water partition coefficient (Wildman–Crippen LogP) is 2.40. The molecular weight excluding hydrogens is 220 g/mol. The summed E-state index contributed by atoms with van der Waals surface area (Å²) in [6.45, 7) is 3.56. The molecule has 0 N–H and O–H groups in total. The van der Waals surface area contributed by atoms with E-state index in [0.717, 1.165) is 5.56 Å². The second-order valence-electron chi connectivity index (χ2n) is 3.23. The van der Waals surface area contributed by atoms with Gasteiger partial charge in [0.15, 0.2) is 11.5 Å². The molecule has 0 bridgehead atoms. The van der Waals surface area contributed by atoms with Crippen LogP contribution in [0.3, 0.4) is 0 Å². The first-order valence-corrected chi connectivity index (χ1v) is 4.97. The fourth-order valence-corrected chi connectivity index (χ4v) is 1.41. The Labute approximate surface area is 98.7 Å². The van der Waals surface area contributed by atoms with E-state index in [9.17, 15) is 0 Å². The SMILES string of the molecule is C=Cc1nc(-c2ccc(OC)c(OC)c2)no1. The largest absolute Gasteiger partial charge is 0.493 e. The number of aromatic nitrogens is 2. The van der Waals surface area contributed by atoms with Crippen LogP contribution >= 0.6 is 0 Å². The van der Waals surface area contributed by atoms with Gasteiger partial charge in [-0.25, -0.2) is 0 Å². The minimum atomic E-state index is 0.384. The molecule has 0 amide bonds. The summed E-state index contributed by atoms with van der Waals surface area (Å²) in [5, 5.41) is 3.83. The Morgan fingerprint density at radius 1 is 1.24 bits per heavy atom. The molecule has 0 saturated heterocycles. The summed E-state index contributed by atoms with van der Waals surface area (Å²) in [5.41, 5.74) is 0.791. The van der Waals surface area contributed by atoms with Crippen molar-refractivity contribution in [2.45, 2.75) is 0 Å². The molecule has 0 fully saturated rings. The summed E-state index contributed by atoms with van der Waals surface area (Å²) in [6, 6.07) is 5.41. The molecular formula is C12H12N2O3. The highest BCUT2D eigenvalue weighted by atomic mass is 16.5. The first-order chi connectivity index (χ1) is 8.28. The Hall–Kier alpha value is -2.30. The average Bonchev–Trinajstić information content (AvgIpc) is 2.86. The van der Waals surface area contributed by atoms with Crippen LogP contribution in [0, 0.1) is 0 Å². The lowest BCUT2D eigenvalue weighted by Gasteiger charge is -2.07. The van der Waals surface area contributed by atoms with Crippen LogP contribution in [0.25, 0.3) is 17.5 Å². The smallest absolute Gasteiger partial charge is 0.250 e. The van der Waals surface area contributed by atoms with Crippen molar-refractivity contribution in [3.63, 3.8) is 0 Å². The third-order valence-corrected chi connectivity index (χ3v) is 2.26. The zero-order chi connectivity index (χ0) is 12.3. The van der Waals surface area contributed by atoms with Gasteiger partial charge in [0.2, 0.25) is 11.7 Å². The van der Waals surface area contributed by atoms with Crippen LogP contribution < -0.4 is 9.47 Å². The second-order valence-corrected chi connectivity index (χ2v) is 3.23. The lowest BCUT2D eigenvalue weighted by atomic mass is 10.2. The van der Waals surface area contributed by atoms with E-state index < -0.39 is 0 Å². The minimum Gasteiger partial charge on any atom is -0.493 e. The van der Waals surface area contributed by atoms with Crippen LogP contribution in [-0.4, -0.2) is 24.4 Å². The Morgan fingerprint density at radius 3 is 2.59 bits per heavy atom. The molecule has 88 valence electrons. The highest BCUT2D eigenvalue weighted by Crippen LogP contribution is 2.31. The molecule has 17 heavy (non-hydrogen) atoms. The van der Waals surface area contributed by atoms with Crippen molar-refractivity contribution in [2.24, 2.45) is 0 Å². The fraction of sp³-hybridized carbons (Fsp3) is 0.167. The summed E-state index contributed by atoms with van der Waals surface area (Å²) in [7, 11) is 3.16. The third kappa shape index (κ3) is 2.13. The molecule has 0 aliphatic heterocycles. The minimum absolute atomic E-state index is 0.384.